The minimum absolute atomic E-state index is 0.158. The molecule has 0 fully saturated rings. The number of carbonyl (C=O) groups excluding carboxylic acids is 1. The Labute approximate surface area is 170 Å². The van der Waals surface area contributed by atoms with Crippen LogP contribution >= 0.6 is 11.3 Å². The predicted molar refractivity (Wildman–Crippen MR) is 114 cm³/mol. The van der Waals surface area contributed by atoms with Gasteiger partial charge in [0.1, 0.15) is 6.04 Å². The first-order valence-corrected chi connectivity index (χ1v) is 11.5. The van der Waals surface area contributed by atoms with Gasteiger partial charge in [-0.3, -0.25) is 4.79 Å². The van der Waals surface area contributed by atoms with Gasteiger partial charge in [-0.15, -0.1) is 0 Å². The molecule has 2 aromatic carbocycles. The van der Waals surface area contributed by atoms with Crippen molar-refractivity contribution >= 4 is 38.0 Å². The van der Waals surface area contributed by atoms with Crippen molar-refractivity contribution < 1.29 is 13.2 Å². The molecule has 0 saturated carbocycles. The molecule has 0 aliphatic carbocycles. The summed E-state index contributed by atoms with van der Waals surface area (Å²) in [6.45, 7) is 4.12. The smallest absolute Gasteiger partial charge is 0.241 e. The molecule has 0 aliphatic rings. The zero-order valence-corrected chi connectivity index (χ0v) is 17.8. The van der Waals surface area contributed by atoms with Gasteiger partial charge in [-0.2, -0.15) is 16.1 Å². The van der Waals surface area contributed by atoms with E-state index in [1.54, 1.807) is 41.5 Å². The van der Waals surface area contributed by atoms with Gasteiger partial charge in [-0.05, 0) is 51.2 Å². The van der Waals surface area contributed by atoms with Crippen LogP contribution in [0, 0.1) is 5.92 Å². The summed E-state index contributed by atoms with van der Waals surface area (Å²) in [5, 5.41) is 5.74. The van der Waals surface area contributed by atoms with Crippen LogP contribution in [0.2, 0.25) is 0 Å². The van der Waals surface area contributed by atoms with Crippen LogP contribution in [0.1, 0.15) is 19.4 Å². The van der Waals surface area contributed by atoms with E-state index in [4.69, 9.17) is 0 Å². The average Bonchev–Trinajstić information content (AvgIpc) is 3.18. The number of nitrogens with zero attached hydrogens (tertiary/aromatic N) is 1. The van der Waals surface area contributed by atoms with E-state index in [1.807, 2.05) is 54.9 Å². The molecule has 1 aromatic heterocycles. The Morgan fingerprint density at radius 2 is 1.82 bits per heavy atom. The van der Waals surface area contributed by atoms with Crippen molar-refractivity contribution in [2.24, 2.45) is 5.92 Å². The van der Waals surface area contributed by atoms with Crippen LogP contribution in [0.25, 0.3) is 10.8 Å². The lowest BCUT2D eigenvalue weighted by Crippen LogP contribution is -2.49. The summed E-state index contributed by atoms with van der Waals surface area (Å²) in [6, 6.07) is 13.7. The minimum atomic E-state index is -3.83. The SMILES string of the molecule is CC(C)C(NS(=O)(=O)c1ccc2ccccc2c1)C(=O)N(C)Cc1ccsc1. The summed E-state index contributed by atoms with van der Waals surface area (Å²) in [5.41, 5.74) is 1.03. The van der Waals surface area contributed by atoms with E-state index in [0.29, 0.717) is 6.54 Å². The molecule has 5 nitrogen and oxygen atoms in total. The van der Waals surface area contributed by atoms with Gasteiger partial charge in [-0.1, -0.05) is 44.2 Å². The fourth-order valence-electron chi connectivity index (χ4n) is 3.01. The molecule has 0 spiro atoms. The van der Waals surface area contributed by atoms with Crippen LogP contribution in [-0.4, -0.2) is 32.3 Å². The number of amides is 1. The van der Waals surface area contributed by atoms with Crippen molar-refractivity contribution in [2.75, 3.05) is 7.05 Å². The van der Waals surface area contributed by atoms with Crippen LogP contribution in [-0.2, 0) is 21.4 Å². The van der Waals surface area contributed by atoms with E-state index in [0.717, 1.165) is 16.3 Å². The molecular weight excluding hydrogens is 392 g/mol. The molecule has 0 saturated heterocycles. The molecule has 0 aliphatic heterocycles. The molecule has 1 unspecified atom stereocenters. The summed E-state index contributed by atoms with van der Waals surface area (Å²) >= 11 is 1.57. The predicted octanol–water partition coefficient (Wildman–Crippen LogP) is 3.86. The quantitative estimate of drug-likeness (QED) is 0.636. The van der Waals surface area contributed by atoms with Crippen LogP contribution in [0.3, 0.4) is 0 Å². The Bertz CT molecular complexity index is 1060. The van der Waals surface area contributed by atoms with Gasteiger partial charge in [-0.25, -0.2) is 8.42 Å². The van der Waals surface area contributed by atoms with Gasteiger partial charge in [0, 0.05) is 13.6 Å². The van der Waals surface area contributed by atoms with E-state index >= 15 is 0 Å². The maximum absolute atomic E-state index is 13.0. The lowest BCUT2D eigenvalue weighted by atomic mass is 10.0. The summed E-state index contributed by atoms with van der Waals surface area (Å²) in [6.07, 6.45) is 0. The second-order valence-electron chi connectivity index (χ2n) is 7.18. The molecule has 1 amide bonds. The molecular formula is C21H24N2O3S2. The first-order valence-electron chi connectivity index (χ1n) is 9.05. The Hall–Kier alpha value is -2.22. The number of nitrogens with one attached hydrogen (secondary N) is 1. The van der Waals surface area contributed by atoms with Gasteiger partial charge in [0.15, 0.2) is 0 Å². The number of carbonyl (C=O) groups is 1. The van der Waals surface area contributed by atoms with Crippen LogP contribution in [0.5, 0.6) is 0 Å². The van der Waals surface area contributed by atoms with E-state index in [9.17, 15) is 13.2 Å². The second kappa shape index (κ2) is 8.43. The summed E-state index contributed by atoms with van der Waals surface area (Å²) < 4.78 is 28.5. The van der Waals surface area contributed by atoms with E-state index in [1.165, 1.54) is 0 Å². The monoisotopic (exact) mass is 416 g/mol. The Balaban J connectivity index is 1.82. The Morgan fingerprint density at radius 3 is 2.46 bits per heavy atom. The minimum Gasteiger partial charge on any atom is -0.340 e. The van der Waals surface area contributed by atoms with Crippen LogP contribution in [0.4, 0.5) is 0 Å². The standard InChI is InChI=1S/C21H24N2O3S2/c1-15(2)20(21(24)23(3)13-16-10-11-27-14-16)22-28(25,26)19-9-8-17-6-4-5-7-18(17)12-19/h4-12,14-15,20,22H,13H2,1-3H3. The van der Waals surface area contributed by atoms with Gasteiger partial charge < -0.3 is 4.90 Å². The molecule has 3 rings (SSSR count). The zero-order valence-electron chi connectivity index (χ0n) is 16.1. The normalized spacial score (nSPS) is 13.0. The molecule has 1 heterocycles. The van der Waals surface area contributed by atoms with E-state index in [-0.39, 0.29) is 16.7 Å². The molecule has 148 valence electrons. The summed E-state index contributed by atoms with van der Waals surface area (Å²) in [4.78, 5) is 14.7. The Morgan fingerprint density at radius 1 is 1.11 bits per heavy atom. The van der Waals surface area contributed by atoms with Crippen molar-refractivity contribution in [3.63, 3.8) is 0 Å². The number of thiophene rings is 1. The molecule has 1 N–H and O–H groups in total. The number of fused-ring (bicyclic) bond motifs is 1. The summed E-state index contributed by atoms with van der Waals surface area (Å²) in [5.74, 6) is -0.432. The van der Waals surface area contributed by atoms with Crippen molar-refractivity contribution in [3.8, 4) is 0 Å². The summed E-state index contributed by atoms with van der Waals surface area (Å²) in [7, 11) is -2.14. The van der Waals surface area contributed by atoms with E-state index < -0.39 is 16.1 Å². The number of hydrogen-bond donors (Lipinski definition) is 1. The fourth-order valence-corrected chi connectivity index (χ4v) is 5.05. The number of hydrogen-bond acceptors (Lipinski definition) is 4. The van der Waals surface area contributed by atoms with Crippen molar-refractivity contribution in [1.29, 1.82) is 0 Å². The number of likely N-dealkylation sites (N-methyl/N-ethyl adjacent to an activating group) is 1. The highest BCUT2D eigenvalue weighted by molar-refractivity contribution is 7.89. The zero-order chi connectivity index (χ0) is 20.3. The maximum Gasteiger partial charge on any atom is 0.241 e. The molecule has 1 atom stereocenters. The van der Waals surface area contributed by atoms with Gasteiger partial charge in [0.05, 0.1) is 4.90 Å². The average molecular weight is 417 g/mol. The molecule has 3 aromatic rings. The third-order valence-corrected chi connectivity index (χ3v) is 6.79. The largest absolute Gasteiger partial charge is 0.340 e. The highest BCUT2D eigenvalue weighted by Crippen LogP contribution is 2.20. The van der Waals surface area contributed by atoms with Crippen LogP contribution in [0.15, 0.2) is 64.2 Å². The van der Waals surface area contributed by atoms with Crippen molar-refractivity contribution in [3.05, 3.63) is 64.9 Å². The molecule has 7 heteroatoms. The number of sulfonamides is 1. The lowest BCUT2D eigenvalue weighted by molar-refractivity contribution is -0.133. The van der Waals surface area contributed by atoms with Crippen molar-refractivity contribution in [1.82, 2.24) is 9.62 Å². The van der Waals surface area contributed by atoms with E-state index in [2.05, 4.69) is 4.72 Å². The molecule has 28 heavy (non-hydrogen) atoms. The Kier molecular flexibility index (Phi) is 6.17. The van der Waals surface area contributed by atoms with Crippen molar-refractivity contribution in [2.45, 2.75) is 31.3 Å². The maximum atomic E-state index is 13.0. The first-order chi connectivity index (χ1) is 13.3. The second-order valence-corrected chi connectivity index (χ2v) is 9.67. The highest BCUT2D eigenvalue weighted by Gasteiger charge is 2.30. The number of rotatable bonds is 7. The third-order valence-electron chi connectivity index (χ3n) is 4.62. The van der Waals surface area contributed by atoms with Crippen LogP contribution < -0.4 is 4.72 Å². The lowest BCUT2D eigenvalue weighted by Gasteiger charge is -2.27. The van der Waals surface area contributed by atoms with Gasteiger partial charge >= 0.3 is 0 Å². The number of benzene rings is 2. The highest BCUT2D eigenvalue weighted by atomic mass is 32.2. The third kappa shape index (κ3) is 4.60. The topological polar surface area (TPSA) is 66.5 Å². The molecule has 0 bridgehead atoms. The van der Waals surface area contributed by atoms with Gasteiger partial charge in [0.2, 0.25) is 15.9 Å². The molecule has 0 radical (unpaired) electrons. The van der Waals surface area contributed by atoms with Gasteiger partial charge in [0.25, 0.3) is 0 Å². The fraction of sp³-hybridized carbons (Fsp3) is 0.286. The first kappa shape index (κ1) is 20.5.